The van der Waals surface area contributed by atoms with Gasteiger partial charge < -0.3 is 15.4 Å². The summed E-state index contributed by atoms with van der Waals surface area (Å²) in [5.74, 6) is -1.22. The smallest absolute Gasteiger partial charge is 0.335 e. The minimum Gasteiger partial charge on any atom is -0.478 e. The van der Waals surface area contributed by atoms with E-state index in [9.17, 15) is 9.59 Å². The number of carbonyl (C=O) groups excluding carboxylic acids is 1. The lowest BCUT2D eigenvalue weighted by atomic mass is 10.1. The molecule has 5 heteroatoms. The summed E-state index contributed by atoms with van der Waals surface area (Å²) >= 11 is 0. The number of carboxylic acids is 1. The fraction of sp³-hybridized carbons (Fsp3) is 0.0667. The third-order valence-corrected chi connectivity index (χ3v) is 2.68. The first-order valence-electron chi connectivity index (χ1n) is 6.07. The maximum absolute atomic E-state index is 11.6. The van der Waals surface area contributed by atoms with Crippen molar-refractivity contribution in [2.75, 3.05) is 0 Å². The molecule has 1 amide bonds. The molecule has 102 valence electrons. The predicted octanol–water partition coefficient (Wildman–Crippen LogP) is 2.04. The van der Waals surface area contributed by atoms with Gasteiger partial charge in [0.1, 0.15) is 0 Å². The molecule has 0 unspecified atom stereocenters. The molecule has 0 aliphatic carbocycles. The van der Waals surface area contributed by atoms with E-state index in [-0.39, 0.29) is 18.0 Å². The summed E-state index contributed by atoms with van der Waals surface area (Å²) in [5.41, 5.74) is 1.79. The number of carbonyl (C=O) groups is 2. The Balaban J connectivity index is 1.90. The summed E-state index contributed by atoms with van der Waals surface area (Å²) < 4.78 is 0. The monoisotopic (exact) mass is 270 g/mol. The van der Waals surface area contributed by atoms with Crippen molar-refractivity contribution in [3.8, 4) is 0 Å². The van der Waals surface area contributed by atoms with E-state index in [4.69, 9.17) is 5.11 Å². The minimum atomic E-state index is -0.982. The van der Waals surface area contributed by atoms with Crippen LogP contribution >= 0.6 is 0 Å². The lowest BCUT2D eigenvalue weighted by molar-refractivity contribution is -0.116. The molecule has 0 aliphatic rings. The van der Waals surface area contributed by atoms with Crippen LogP contribution in [-0.2, 0) is 11.3 Å². The summed E-state index contributed by atoms with van der Waals surface area (Å²) in [6, 6.07) is 10.2. The summed E-state index contributed by atoms with van der Waals surface area (Å²) in [5, 5.41) is 11.6. The zero-order valence-corrected chi connectivity index (χ0v) is 10.7. The highest BCUT2D eigenvalue weighted by Crippen LogP contribution is 2.05. The molecular formula is C15H14N2O3. The van der Waals surface area contributed by atoms with Gasteiger partial charge in [-0.3, -0.25) is 4.79 Å². The summed E-state index contributed by atoms with van der Waals surface area (Å²) in [4.78, 5) is 25.4. The van der Waals surface area contributed by atoms with Crippen LogP contribution in [0.15, 0.2) is 48.7 Å². The predicted molar refractivity (Wildman–Crippen MR) is 75.1 cm³/mol. The standard InChI is InChI=1S/C15H14N2O3/c18-14(7-6-13-5-2-8-16-13)17-10-11-3-1-4-12(9-11)15(19)20/h1-9,16H,10H2,(H,17,18)(H,19,20)/b7-6+. The van der Waals surface area contributed by atoms with E-state index in [1.54, 1.807) is 24.4 Å². The summed E-state index contributed by atoms with van der Waals surface area (Å²) in [7, 11) is 0. The first-order chi connectivity index (χ1) is 9.65. The third-order valence-electron chi connectivity index (χ3n) is 2.68. The van der Waals surface area contributed by atoms with Crippen molar-refractivity contribution >= 4 is 18.0 Å². The normalized spacial score (nSPS) is 10.6. The van der Waals surface area contributed by atoms with E-state index in [2.05, 4.69) is 10.3 Å². The Bertz CT molecular complexity index is 630. The van der Waals surface area contributed by atoms with Crippen molar-refractivity contribution < 1.29 is 14.7 Å². The molecule has 20 heavy (non-hydrogen) atoms. The Morgan fingerprint density at radius 2 is 2.10 bits per heavy atom. The van der Waals surface area contributed by atoms with Gasteiger partial charge in [-0.1, -0.05) is 12.1 Å². The molecule has 0 atom stereocenters. The molecule has 5 nitrogen and oxygen atoms in total. The summed E-state index contributed by atoms with van der Waals surface area (Å²) in [6.45, 7) is 0.287. The van der Waals surface area contributed by atoms with Crippen LogP contribution in [0.5, 0.6) is 0 Å². The molecule has 0 fully saturated rings. The van der Waals surface area contributed by atoms with E-state index in [1.165, 1.54) is 18.2 Å². The Morgan fingerprint density at radius 3 is 2.80 bits per heavy atom. The van der Waals surface area contributed by atoms with Gasteiger partial charge in [-0.05, 0) is 35.9 Å². The maximum Gasteiger partial charge on any atom is 0.335 e. The van der Waals surface area contributed by atoms with Gasteiger partial charge >= 0.3 is 5.97 Å². The Kier molecular flexibility index (Phi) is 4.34. The van der Waals surface area contributed by atoms with Crippen LogP contribution in [0.25, 0.3) is 6.08 Å². The zero-order valence-electron chi connectivity index (χ0n) is 10.7. The Hall–Kier alpha value is -2.82. The minimum absolute atomic E-state index is 0.207. The topological polar surface area (TPSA) is 82.2 Å². The number of benzene rings is 1. The molecule has 1 aromatic heterocycles. The third kappa shape index (κ3) is 3.84. The number of hydrogen-bond acceptors (Lipinski definition) is 2. The van der Waals surface area contributed by atoms with Gasteiger partial charge in [-0.25, -0.2) is 4.79 Å². The van der Waals surface area contributed by atoms with Crippen molar-refractivity contribution in [2.45, 2.75) is 6.54 Å². The first-order valence-corrected chi connectivity index (χ1v) is 6.07. The zero-order chi connectivity index (χ0) is 14.4. The van der Waals surface area contributed by atoms with E-state index < -0.39 is 5.97 Å². The van der Waals surface area contributed by atoms with Gasteiger partial charge in [0.25, 0.3) is 0 Å². The molecule has 0 spiro atoms. The van der Waals surface area contributed by atoms with Crippen molar-refractivity contribution in [1.82, 2.24) is 10.3 Å². The second kappa shape index (κ2) is 6.38. The van der Waals surface area contributed by atoms with Crippen molar-refractivity contribution in [3.05, 3.63) is 65.5 Å². The molecular weight excluding hydrogens is 256 g/mol. The highest BCUT2D eigenvalue weighted by Gasteiger charge is 2.03. The number of aromatic carboxylic acids is 1. The Morgan fingerprint density at radius 1 is 1.25 bits per heavy atom. The van der Waals surface area contributed by atoms with Crippen LogP contribution < -0.4 is 5.32 Å². The van der Waals surface area contributed by atoms with Crippen molar-refractivity contribution in [3.63, 3.8) is 0 Å². The maximum atomic E-state index is 11.6. The van der Waals surface area contributed by atoms with Crippen LogP contribution in [0.2, 0.25) is 0 Å². The summed E-state index contributed by atoms with van der Waals surface area (Å²) in [6.07, 6.45) is 4.87. The second-order valence-electron chi connectivity index (χ2n) is 4.18. The molecule has 0 saturated heterocycles. The van der Waals surface area contributed by atoms with E-state index in [1.807, 2.05) is 12.1 Å². The number of aromatic amines is 1. The molecule has 2 aromatic rings. The molecule has 0 radical (unpaired) electrons. The molecule has 1 heterocycles. The number of amides is 1. The van der Waals surface area contributed by atoms with Gasteiger partial charge in [0, 0.05) is 24.5 Å². The highest BCUT2D eigenvalue weighted by atomic mass is 16.4. The molecule has 0 bridgehead atoms. The number of rotatable bonds is 5. The van der Waals surface area contributed by atoms with Gasteiger partial charge in [0.15, 0.2) is 0 Å². The van der Waals surface area contributed by atoms with Gasteiger partial charge in [0.2, 0.25) is 5.91 Å². The molecule has 0 saturated carbocycles. The number of nitrogens with one attached hydrogen (secondary N) is 2. The highest BCUT2D eigenvalue weighted by molar-refractivity contribution is 5.91. The average Bonchev–Trinajstić information content (AvgIpc) is 2.96. The van der Waals surface area contributed by atoms with Gasteiger partial charge in [-0.2, -0.15) is 0 Å². The molecule has 2 rings (SSSR count). The fourth-order valence-electron chi connectivity index (χ4n) is 1.68. The van der Waals surface area contributed by atoms with Crippen molar-refractivity contribution in [1.29, 1.82) is 0 Å². The quantitative estimate of drug-likeness (QED) is 0.727. The van der Waals surface area contributed by atoms with Crippen LogP contribution in [0.3, 0.4) is 0 Å². The molecule has 1 aromatic carbocycles. The lowest BCUT2D eigenvalue weighted by Gasteiger charge is -2.03. The fourth-order valence-corrected chi connectivity index (χ4v) is 1.68. The average molecular weight is 270 g/mol. The Labute approximate surface area is 115 Å². The molecule has 0 aliphatic heterocycles. The number of H-pyrrole nitrogens is 1. The number of carboxylic acid groups (broad SMARTS) is 1. The van der Waals surface area contributed by atoms with Crippen LogP contribution in [0.4, 0.5) is 0 Å². The van der Waals surface area contributed by atoms with Crippen LogP contribution in [0, 0.1) is 0 Å². The van der Waals surface area contributed by atoms with Crippen LogP contribution in [0.1, 0.15) is 21.6 Å². The van der Waals surface area contributed by atoms with E-state index in [0.717, 1.165) is 11.3 Å². The van der Waals surface area contributed by atoms with Gasteiger partial charge in [0.05, 0.1) is 5.56 Å². The van der Waals surface area contributed by atoms with Gasteiger partial charge in [-0.15, -0.1) is 0 Å². The second-order valence-corrected chi connectivity index (χ2v) is 4.18. The lowest BCUT2D eigenvalue weighted by Crippen LogP contribution is -2.20. The first kappa shape index (κ1) is 13.6. The largest absolute Gasteiger partial charge is 0.478 e. The number of hydrogen-bond donors (Lipinski definition) is 3. The number of aromatic nitrogens is 1. The van der Waals surface area contributed by atoms with E-state index in [0.29, 0.717) is 0 Å². The SMILES string of the molecule is O=C(/C=C/c1ccc[nH]1)NCc1cccc(C(=O)O)c1. The molecule has 3 N–H and O–H groups in total. The van der Waals surface area contributed by atoms with E-state index >= 15 is 0 Å². The van der Waals surface area contributed by atoms with Crippen LogP contribution in [-0.4, -0.2) is 22.0 Å². The van der Waals surface area contributed by atoms with Crippen molar-refractivity contribution in [2.24, 2.45) is 0 Å².